The minimum absolute atomic E-state index is 0.00263. The molecule has 5 nitrogen and oxygen atoms in total. The number of amides is 1. The minimum atomic E-state index is -0.971. The molecule has 4 N–H and O–H groups in total. The van der Waals surface area contributed by atoms with Gasteiger partial charge in [0.2, 0.25) is 5.91 Å². The van der Waals surface area contributed by atoms with Gasteiger partial charge in [-0.1, -0.05) is 45.0 Å². The Hall–Kier alpha value is -2.00. The predicted octanol–water partition coefficient (Wildman–Crippen LogP) is 4.23. The van der Waals surface area contributed by atoms with Crippen LogP contribution in [0.25, 0.3) is 0 Å². The van der Waals surface area contributed by atoms with Crippen molar-refractivity contribution in [3.8, 4) is 0 Å². The molecule has 0 aromatic heterocycles. The van der Waals surface area contributed by atoms with E-state index in [-0.39, 0.29) is 24.3 Å². The third kappa shape index (κ3) is 7.51. The van der Waals surface area contributed by atoms with Gasteiger partial charge in [-0.25, -0.2) is 8.78 Å². The number of hydrogen-bond donors (Lipinski definition) is 4. The smallest absolute Gasteiger partial charge is 0.217 e. The van der Waals surface area contributed by atoms with Crippen LogP contribution in [0.4, 0.5) is 8.78 Å². The molecule has 2 aromatic rings. The third-order valence-corrected chi connectivity index (χ3v) is 7.88. The van der Waals surface area contributed by atoms with E-state index < -0.39 is 29.3 Å². The van der Waals surface area contributed by atoms with Crippen LogP contribution in [0.1, 0.15) is 57.2 Å². The van der Waals surface area contributed by atoms with E-state index in [2.05, 4.69) is 67.2 Å². The standard InChI is InChI=1S/C28H39F2N3O2S/c1-18(34)33-24(13-19-11-22(29)15-23(30)12-19)25(35)16-32-28(10-9-26(36-5)31-17-28)21-8-6-7-20(14-21)27(2,3)4/h6-8,11-12,14-15,24-26,31-32,35H,9-10,13,16-17H2,1-5H3,(H,33,34)/t24-,25+,26-,28-/m0/s1. The highest BCUT2D eigenvalue weighted by atomic mass is 32.2. The molecular weight excluding hydrogens is 480 g/mol. The normalized spacial score (nSPS) is 22.2. The summed E-state index contributed by atoms with van der Waals surface area (Å²) in [7, 11) is 0. The van der Waals surface area contributed by atoms with Crippen LogP contribution in [0, 0.1) is 11.6 Å². The van der Waals surface area contributed by atoms with E-state index in [1.165, 1.54) is 24.6 Å². The monoisotopic (exact) mass is 519 g/mol. The lowest BCUT2D eigenvalue weighted by molar-refractivity contribution is -0.120. The molecule has 0 saturated carbocycles. The van der Waals surface area contributed by atoms with Crippen molar-refractivity contribution in [3.05, 3.63) is 70.8 Å². The first-order valence-electron chi connectivity index (χ1n) is 12.4. The molecule has 3 rings (SSSR count). The first-order valence-corrected chi connectivity index (χ1v) is 13.7. The van der Waals surface area contributed by atoms with Crippen molar-refractivity contribution in [1.29, 1.82) is 0 Å². The Morgan fingerprint density at radius 2 is 1.92 bits per heavy atom. The van der Waals surface area contributed by atoms with E-state index in [1.54, 1.807) is 11.8 Å². The number of carbonyl (C=O) groups excluding carboxylic acids is 1. The molecule has 198 valence electrons. The summed E-state index contributed by atoms with van der Waals surface area (Å²) < 4.78 is 27.5. The first kappa shape index (κ1) is 28.6. The Morgan fingerprint density at radius 1 is 1.22 bits per heavy atom. The molecule has 1 heterocycles. The molecule has 0 unspecified atom stereocenters. The summed E-state index contributed by atoms with van der Waals surface area (Å²) in [6.07, 6.45) is 3.07. The Kier molecular flexibility index (Phi) is 9.55. The largest absolute Gasteiger partial charge is 0.390 e. The lowest BCUT2D eigenvalue weighted by Gasteiger charge is -2.43. The number of piperidine rings is 1. The zero-order valence-corrected chi connectivity index (χ0v) is 22.6. The number of benzene rings is 2. The summed E-state index contributed by atoms with van der Waals surface area (Å²) in [5, 5.41) is 21.5. The van der Waals surface area contributed by atoms with Gasteiger partial charge in [0, 0.05) is 26.1 Å². The van der Waals surface area contributed by atoms with Gasteiger partial charge in [-0.05, 0) is 59.8 Å². The molecule has 1 amide bonds. The maximum Gasteiger partial charge on any atom is 0.217 e. The lowest BCUT2D eigenvalue weighted by atomic mass is 9.79. The third-order valence-electron chi connectivity index (χ3n) is 6.91. The summed E-state index contributed by atoms with van der Waals surface area (Å²) in [4.78, 5) is 11.9. The van der Waals surface area contributed by atoms with Gasteiger partial charge in [0.1, 0.15) is 11.6 Å². The maximum atomic E-state index is 13.7. The lowest BCUT2D eigenvalue weighted by Crippen LogP contribution is -2.58. The SMILES string of the molecule is CS[C@H]1CC[C@@](NC[C@@H](O)[C@H](Cc2cc(F)cc(F)c2)NC(C)=O)(c2cccc(C(C)(C)C)c2)CN1. The molecule has 1 aliphatic heterocycles. The summed E-state index contributed by atoms with van der Waals surface area (Å²) in [6.45, 7) is 8.82. The zero-order chi connectivity index (χ0) is 26.5. The molecule has 0 spiro atoms. The molecule has 2 aromatic carbocycles. The average Bonchev–Trinajstić information content (AvgIpc) is 2.81. The van der Waals surface area contributed by atoms with Crippen LogP contribution in [-0.4, -0.2) is 47.9 Å². The summed E-state index contributed by atoms with van der Waals surface area (Å²) in [6, 6.07) is 11.1. The molecule has 0 aliphatic carbocycles. The van der Waals surface area contributed by atoms with Crippen LogP contribution in [0.5, 0.6) is 0 Å². The number of halogens is 2. The fourth-order valence-electron chi connectivity index (χ4n) is 4.81. The van der Waals surface area contributed by atoms with E-state index >= 15 is 0 Å². The number of hydrogen-bond acceptors (Lipinski definition) is 5. The zero-order valence-electron chi connectivity index (χ0n) is 21.8. The Balaban J connectivity index is 1.83. The van der Waals surface area contributed by atoms with Crippen molar-refractivity contribution in [2.24, 2.45) is 0 Å². The predicted molar refractivity (Wildman–Crippen MR) is 143 cm³/mol. The van der Waals surface area contributed by atoms with E-state index in [1.807, 2.05) is 0 Å². The molecule has 1 saturated heterocycles. The van der Waals surface area contributed by atoms with Gasteiger partial charge < -0.3 is 21.1 Å². The quantitative estimate of drug-likeness (QED) is 0.399. The van der Waals surface area contributed by atoms with Gasteiger partial charge in [0.05, 0.1) is 23.1 Å². The van der Waals surface area contributed by atoms with Gasteiger partial charge >= 0.3 is 0 Å². The average molecular weight is 520 g/mol. The Bertz CT molecular complexity index is 1020. The van der Waals surface area contributed by atoms with Crippen molar-refractivity contribution < 1.29 is 18.7 Å². The minimum Gasteiger partial charge on any atom is -0.390 e. The number of aliphatic hydroxyl groups excluding tert-OH is 1. The van der Waals surface area contributed by atoms with E-state index in [9.17, 15) is 18.7 Å². The van der Waals surface area contributed by atoms with Crippen LogP contribution >= 0.6 is 11.8 Å². The van der Waals surface area contributed by atoms with Crippen molar-refractivity contribution in [3.63, 3.8) is 0 Å². The van der Waals surface area contributed by atoms with E-state index in [4.69, 9.17) is 0 Å². The molecule has 36 heavy (non-hydrogen) atoms. The summed E-state index contributed by atoms with van der Waals surface area (Å²) >= 11 is 1.79. The summed E-state index contributed by atoms with van der Waals surface area (Å²) in [5.41, 5.74) is 2.35. The van der Waals surface area contributed by atoms with E-state index in [0.717, 1.165) is 24.5 Å². The van der Waals surface area contributed by atoms with Gasteiger partial charge in [0.25, 0.3) is 0 Å². The molecule has 1 aliphatic rings. The van der Waals surface area contributed by atoms with Crippen molar-refractivity contribution in [2.75, 3.05) is 19.3 Å². The molecule has 1 fully saturated rings. The van der Waals surface area contributed by atoms with Crippen LogP contribution in [0.3, 0.4) is 0 Å². The van der Waals surface area contributed by atoms with Gasteiger partial charge in [-0.15, -0.1) is 11.8 Å². The molecule has 0 radical (unpaired) electrons. The van der Waals surface area contributed by atoms with Crippen LogP contribution < -0.4 is 16.0 Å². The van der Waals surface area contributed by atoms with Crippen molar-refractivity contribution in [1.82, 2.24) is 16.0 Å². The second-order valence-electron chi connectivity index (χ2n) is 10.8. The molecule has 0 bridgehead atoms. The Labute approximate surface area is 217 Å². The highest BCUT2D eigenvalue weighted by Crippen LogP contribution is 2.35. The number of aliphatic hydroxyl groups is 1. The number of carbonyl (C=O) groups is 1. The van der Waals surface area contributed by atoms with Crippen molar-refractivity contribution >= 4 is 17.7 Å². The second kappa shape index (κ2) is 12.0. The highest BCUT2D eigenvalue weighted by molar-refractivity contribution is 7.99. The Morgan fingerprint density at radius 3 is 2.47 bits per heavy atom. The number of thioether (sulfide) groups is 1. The highest BCUT2D eigenvalue weighted by Gasteiger charge is 2.38. The number of rotatable bonds is 9. The fraction of sp³-hybridized carbons (Fsp3) is 0.536. The number of nitrogens with one attached hydrogen (secondary N) is 3. The maximum absolute atomic E-state index is 13.7. The van der Waals surface area contributed by atoms with Gasteiger partial charge in [-0.2, -0.15) is 0 Å². The summed E-state index contributed by atoms with van der Waals surface area (Å²) in [5.74, 6) is -1.69. The first-order chi connectivity index (χ1) is 16.9. The second-order valence-corrected chi connectivity index (χ2v) is 11.8. The van der Waals surface area contributed by atoms with Crippen LogP contribution in [0.15, 0.2) is 42.5 Å². The topological polar surface area (TPSA) is 73.4 Å². The van der Waals surface area contributed by atoms with Gasteiger partial charge in [0.15, 0.2) is 0 Å². The van der Waals surface area contributed by atoms with Crippen LogP contribution in [-0.2, 0) is 22.2 Å². The van der Waals surface area contributed by atoms with Gasteiger partial charge in [-0.3, -0.25) is 4.79 Å². The molecule has 4 atom stereocenters. The van der Waals surface area contributed by atoms with Crippen LogP contribution in [0.2, 0.25) is 0 Å². The fourth-order valence-corrected chi connectivity index (χ4v) is 5.41. The van der Waals surface area contributed by atoms with E-state index in [0.29, 0.717) is 17.5 Å². The van der Waals surface area contributed by atoms with Crippen molar-refractivity contribution in [2.45, 2.75) is 75.4 Å². The molecule has 8 heteroatoms. The molecular formula is C28H39F2N3O2S.